The number of fused-ring (bicyclic) bond motifs is 1. The highest BCUT2D eigenvalue weighted by molar-refractivity contribution is 6.32. The molecule has 0 N–H and O–H groups in total. The van der Waals surface area contributed by atoms with Crippen molar-refractivity contribution in [1.29, 1.82) is 0 Å². The summed E-state index contributed by atoms with van der Waals surface area (Å²) in [5.41, 5.74) is 2.26. The van der Waals surface area contributed by atoms with Gasteiger partial charge in [0.2, 0.25) is 0 Å². The average Bonchev–Trinajstić information content (AvgIpc) is 3.45. The van der Waals surface area contributed by atoms with E-state index < -0.39 is 5.60 Å². The first-order valence-electron chi connectivity index (χ1n) is 12.2. The van der Waals surface area contributed by atoms with Crippen LogP contribution in [0.3, 0.4) is 0 Å². The van der Waals surface area contributed by atoms with E-state index in [0.717, 1.165) is 11.1 Å². The quantitative estimate of drug-likeness (QED) is 0.342. The molecule has 0 spiro atoms. The number of rotatable bonds is 5. The minimum absolute atomic E-state index is 0.185. The molecule has 0 radical (unpaired) electrons. The molecule has 1 aliphatic rings. The fourth-order valence-corrected chi connectivity index (χ4v) is 4.83. The molecule has 1 saturated heterocycles. The molecule has 192 valence electrons. The fourth-order valence-electron chi connectivity index (χ4n) is 4.60. The van der Waals surface area contributed by atoms with Crippen molar-refractivity contribution >= 4 is 28.7 Å². The fraction of sp³-hybridized carbons (Fsp3) is 0.321. The Morgan fingerprint density at radius 1 is 1.11 bits per heavy atom. The Bertz CT molecular complexity index is 1490. The van der Waals surface area contributed by atoms with Gasteiger partial charge in [-0.25, -0.2) is 9.59 Å². The van der Waals surface area contributed by atoms with Gasteiger partial charge in [0.15, 0.2) is 0 Å². The van der Waals surface area contributed by atoms with Crippen LogP contribution in [0, 0.1) is 0 Å². The third kappa shape index (κ3) is 5.20. The predicted molar refractivity (Wildman–Crippen MR) is 143 cm³/mol. The Kier molecular flexibility index (Phi) is 6.69. The summed E-state index contributed by atoms with van der Waals surface area (Å²) in [5.74, 6) is 0.535. The number of imidazole rings is 1. The van der Waals surface area contributed by atoms with E-state index in [2.05, 4.69) is 4.98 Å². The van der Waals surface area contributed by atoms with E-state index in [9.17, 15) is 9.59 Å². The maximum absolute atomic E-state index is 13.8. The Balaban J connectivity index is 1.44. The monoisotopic (exact) mass is 520 g/mol. The zero-order valence-corrected chi connectivity index (χ0v) is 21.8. The number of benzene rings is 2. The third-order valence-corrected chi connectivity index (χ3v) is 6.56. The molecule has 3 heterocycles. The number of likely N-dealkylation sites (tertiary alicyclic amines) is 1. The van der Waals surface area contributed by atoms with Crippen molar-refractivity contribution in [2.75, 3.05) is 13.1 Å². The predicted octanol–water partition coefficient (Wildman–Crippen LogP) is 5.60. The van der Waals surface area contributed by atoms with Gasteiger partial charge in [-0.3, -0.25) is 14.1 Å². The van der Waals surface area contributed by atoms with Gasteiger partial charge in [0.1, 0.15) is 18.0 Å². The molecule has 1 unspecified atom stereocenters. The van der Waals surface area contributed by atoms with Gasteiger partial charge in [-0.05, 0) is 57.0 Å². The zero-order chi connectivity index (χ0) is 26.2. The minimum Gasteiger partial charge on any atom is -0.487 e. The highest BCUT2D eigenvalue weighted by Gasteiger charge is 2.33. The summed E-state index contributed by atoms with van der Waals surface area (Å²) in [6, 6.07) is 16.8. The molecule has 0 saturated carbocycles. The van der Waals surface area contributed by atoms with Crippen molar-refractivity contribution in [2.24, 2.45) is 0 Å². The Morgan fingerprint density at radius 2 is 1.89 bits per heavy atom. The van der Waals surface area contributed by atoms with Crippen LogP contribution < -0.4 is 10.4 Å². The molecular weight excluding hydrogens is 492 g/mol. The lowest BCUT2D eigenvalue weighted by Gasteiger charge is -2.24. The summed E-state index contributed by atoms with van der Waals surface area (Å²) < 4.78 is 14.8. The largest absolute Gasteiger partial charge is 0.487 e. The first-order valence-corrected chi connectivity index (χ1v) is 12.6. The van der Waals surface area contributed by atoms with E-state index in [4.69, 9.17) is 21.1 Å². The summed E-state index contributed by atoms with van der Waals surface area (Å²) in [7, 11) is 0. The number of carbonyl (C=O) groups excluding carboxylic acids is 1. The number of ether oxygens (including phenoxy) is 2. The molecule has 9 heteroatoms. The van der Waals surface area contributed by atoms with Gasteiger partial charge < -0.3 is 14.4 Å². The van der Waals surface area contributed by atoms with Crippen molar-refractivity contribution in [3.8, 4) is 11.4 Å². The van der Waals surface area contributed by atoms with Crippen molar-refractivity contribution in [3.63, 3.8) is 0 Å². The van der Waals surface area contributed by atoms with Crippen LogP contribution in [-0.4, -0.2) is 43.8 Å². The van der Waals surface area contributed by atoms with E-state index in [0.29, 0.717) is 48.1 Å². The molecule has 0 bridgehead atoms. The number of halogens is 1. The minimum atomic E-state index is -0.579. The number of amides is 1. The highest BCUT2D eigenvalue weighted by Crippen LogP contribution is 2.31. The van der Waals surface area contributed by atoms with Crippen LogP contribution in [0.15, 0.2) is 71.8 Å². The van der Waals surface area contributed by atoms with Crippen LogP contribution in [0.5, 0.6) is 5.75 Å². The molecule has 1 aliphatic heterocycles. The van der Waals surface area contributed by atoms with E-state index >= 15 is 0 Å². The zero-order valence-electron chi connectivity index (χ0n) is 21.1. The van der Waals surface area contributed by atoms with Crippen LogP contribution >= 0.6 is 11.6 Å². The van der Waals surface area contributed by atoms with Gasteiger partial charge in [0, 0.05) is 19.3 Å². The van der Waals surface area contributed by atoms with Crippen molar-refractivity contribution in [2.45, 2.75) is 45.4 Å². The Labute approximate surface area is 220 Å². The van der Waals surface area contributed by atoms with Gasteiger partial charge in [0.05, 0.1) is 34.0 Å². The standard InChI is InChI=1S/C28H29ClN4O4/c1-28(2,3)37-27(35)31-14-12-21(17-31)33-23-11-13-30-16-24(23)32(26(33)34)20-9-10-25(22(29)15-20)36-18-19-7-5-4-6-8-19/h4-11,13,15-16,21H,12,14,17-18H2,1-3H3. The van der Waals surface area contributed by atoms with Crippen LogP contribution in [0.1, 0.15) is 38.8 Å². The lowest BCUT2D eigenvalue weighted by molar-refractivity contribution is 0.0289. The Morgan fingerprint density at radius 3 is 2.62 bits per heavy atom. The Hall–Kier alpha value is -3.78. The van der Waals surface area contributed by atoms with E-state index in [1.165, 1.54) is 0 Å². The summed E-state index contributed by atoms with van der Waals surface area (Å²) in [6.45, 7) is 6.82. The maximum Gasteiger partial charge on any atom is 0.410 e. The maximum atomic E-state index is 13.8. The van der Waals surface area contributed by atoms with Gasteiger partial charge in [-0.2, -0.15) is 0 Å². The first-order chi connectivity index (χ1) is 17.7. The van der Waals surface area contributed by atoms with Gasteiger partial charge >= 0.3 is 11.8 Å². The summed E-state index contributed by atoms with van der Waals surface area (Å²) in [4.78, 5) is 32.3. The molecule has 2 aromatic carbocycles. The SMILES string of the molecule is CC(C)(C)OC(=O)N1CCC(n2c(=O)n(-c3ccc(OCc4ccccc4)c(Cl)c3)c3cnccc32)C1. The smallest absolute Gasteiger partial charge is 0.410 e. The molecule has 1 atom stereocenters. The molecule has 1 fully saturated rings. The molecule has 37 heavy (non-hydrogen) atoms. The van der Waals surface area contributed by atoms with Crippen molar-refractivity contribution in [3.05, 3.63) is 88.1 Å². The number of hydrogen-bond acceptors (Lipinski definition) is 5. The number of carbonyl (C=O) groups is 1. The molecule has 4 aromatic rings. The van der Waals surface area contributed by atoms with E-state index in [1.807, 2.05) is 63.2 Å². The lowest BCUT2D eigenvalue weighted by Crippen LogP contribution is -2.36. The van der Waals surface area contributed by atoms with Crippen LogP contribution in [0.2, 0.25) is 5.02 Å². The summed E-state index contributed by atoms with van der Waals surface area (Å²) in [6.07, 6.45) is 3.61. The second kappa shape index (κ2) is 9.94. The van der Waals surface area contributed by atoms with Crippen LogP contribution in [0.4, 0.5) is 4.79 Å². The normalized spacial score (nSPS) is 15.8. The van der Waals surface area contributed by atoms with Gasteiger partial charge in [0.25, 0.3) is 0 Å². The molecule has 0 aliphatic carbocycles. The van der Waals surface area contributed by atoms with E-state index in [-0.39, 0.29) is 17.8 Å². The number of aromatic nitrogens is 3. The number of nitrogens with zero attached hydrogens (tertiary/aromatic N) is 4. The van der Waals surface area contributed by atoms with Gasteiger partial charge in [-0.15, -0.1) is 0 Å². The van der Waals surface area contributed by atoms with Crippen LogP contribution in [0.25, 0.3) is 16.7 Å². The van der Waals surface area contributed by atoms with Crippen LogP contribution in [-0.2, 0) is 11.3 Å². The van der Waals surface area contributed by atoms with E-state index in [1.54, 1.807) is 38.6 Å². The van der Waals surface area contributed by atoms with Gasteiger partial charge in [-0.1, -0.05) is 41.9 Å². The van der Waals surface area contributed by atoms with Crippen molar-refractivity contribution < 1.29 is 14.3 Å². The molecule has 5 rings (SSSR count). The third-order valence-electron chi connectivity index (χ3n) is 6.27. The molecule has 8 nitrogen and oxygen atoms in total. The topological polar surface area (TPSA) is 78.6 Å². The summed E-state index contributed by atoms with van der Waals surface area (Å²) >= 11 is 6.57. The second-order valence-corrected chi connectivity index (χ2v) is 10.5. The molecule has 2 aromatic heterocycles. The number of hydrogen-bond donors (Lipinski definition) is 0. The van der Waals surface area contributed by atoms with Crippen molar-refractivity contribution in [1.82, 2.24) is 19.0 Å². The molecular formula is C28H29ClN4O4. The second-order valence-electron chi connectivity index (χ2n) is 10.1. The summed E-state index contributed by atoms with van der Waals surface area (Å²) in [5, 5.41) is 0.405. The average molecular weight is 521 g/mol. The molecule has 1 amide bonds. The first kappa shape index (κ1) is 24.9. The lowest BCUT2D eigenvalue weighted by atomic mass is 10.2. The number of pyridine rings is 1. The highest BCUT2D eigenvalue weighted by atomic mass is 35.5.